The van der Waals surface area contributed by atoms with Gasteiger partial charge in [0.2, 0.25) is 0 Å². The van der Waals surface area contributed by atoms with Gasteiger partial charge in [0.15, 0.2) is 0 Å². The molecular formula is C18H28N2S. The van der Waals surface area contributed by atoms with E-state index in [0.717, 1.165) is 6.04 Å². The lowest BCUT2D eigenvalue weighted by Crippen LogP contribution is -2.35. The SMILES string of the molecule is Cc1ccc(SCCN2CCC(N3CCCC3)C2)cc1C. The van der Waals surface area contributed by atoms with E-state index in [1.165, 1.54) is 73.8 Å². The van der Waals surface area contributed by atoms with Gasteiger partial charge in [0.1, 0.15) is 0 Å². The highest BCUT2D eigenvalue weighted by atomic mass is 32.2. The van der Waals surface area contributed by atoms with E-state index in [4.69, 9.17) is 0 Å². The summed E-state index contributed by atoms with van der Waals surface area (Å²) in [6, 6.07) is 7.69. The number of nitrogens with zero attached hydrogens (tertiary/aromatic N) is 2. The highest BCUT2D eigenvalue weighted by molar-refractivity contribution is 7.99. The molecule has 2 aliphatic heterocycles. The summed E-state index contributed by atoms with van der Waals surface area (Å²) in [6.07, 6.45) is 4.21. The van der Waals surface area contributed by atoms with Crippen molar-refractivity contribution in [1.82, 2.24) is 9.80 Å². The Labute approximate surface area is 133 Å². The average Bonchev–Trinajstić information content (AvgIpc) is 3.13. The van der Waals surface area contributed by atoms with E-state index in [2.05, 4.69) is 41.8 Å². The summed E-state index contributed by atoms with van der Waals surface area (Å²) in [6.45, 7) is 10.9. The van der Waals surface area contributed by atoms with Crippen molar-refractivity contribution in [3.05, 3.63) is 29.3 Å². The molecule has 0 aliphatic carbocycles. The van der Waals surface area contributed by atoms with Gasteiger partial charge in [-0.1, -0.05) is 6.07 Å². The summed E-state index contributed by atoms with van der Waals surface area (Å²) in [7, 11) is 0. The second-order valence-electron chi connectivity index (χ2n) is 6.58. The predicted molar refractivity (Wildman–Crippen MR) is 92.3 cm³/mol. The Bertz CT molecular complexity index is 468. The maximum absolute atomic E-state index is 2.72. The lowest BCUT2D eigenvalue weighted by molar-refractivity contribution is 0.236. The molecule has 1 unspecified atom stereocenters. The Morgan fingerprint density at radius 3 is 2.67 bits per heavy atom. The van der Waals surface area contributed by atoms with Crippen LogP contribution in [-0.4, -0.2) is 54.3 Å². The minimum Gasteiger partial charge on any atom is -0.301 e. The number of rotatable bonds is 5. The molecule has 1 atom stereocenters. The van der Waals surface area contributed by atoms with Crippen LogP contribution in [0.5, 0.6) is 0 Å². The summed E-state index contributed by atoms with van der Waals surface area (Å²) >= 11 is 2.01. The molecule has 2 nitrogen and oxygen atoms in total. The molecule has 21 heavy (non-hydrogen) atoms. The zero-order valence-corrected chi connectivity index (χ0v) is 14.3. The third kappa shape index (κ3) is 4.02. The smallest absolute Gasteiger partial charge is 0.0235 e. The Hall–Kier alpha value is -0.510. The van der Waals surface area contributed by atoms with E-state index in [1.807, 2.05) is 11.8 Å². The van der Waals surface area contributed by atoms with Crippen LogP contribution >= 0.6 is 11.8 Å². The minimum atomic E-state index is 0.846. The van der Waals surface area contributed by atoms with Gasteiger partial charge in [0, 0.05) is 29.8 Å². The lowest BCUT2D eigenvalue weighted by atomic mass is 10.1. The van der Waals surface area contributed by atoms with Gasteiger partial charge in [-0.15, -0.1) is 11.8 Å². The Morgan fingerprint density at radius 1 is 1.10 bits per heavy atom. The molecule has 2 saturated heterocycles. The van der Waals surface area contributed by atoms with Crippen LogP contribution in [0.15, 0.2) is 23.1 Å². The number of benzene rings is 1. The number of aryl methyl sites for hydroxylation is 2. The van der Waals surface area contributed by atoms with E-state index in [1.54, 1.807) is 0 Å². The first-order chi connectivity index (χ1) is 10.2. The van der Waals surface area contributed by atoms with Gasteiger partial charge in [-0.3, -0.25) is 4.90 Å². The van der Waals surface area contributed by atoms with E-state index >= 15 is 0 Å². The van der Waals surface area contributed by atoms with Gasteiger partial charge in [-0.25, -0.2) is 0 Å². The summed E-state index contributed by atoms with van der Waals surface area (Å²) in [4.78, 5) is 6.81. The fraction of sp³-hybridized carbons (Fsp3) is 0.667. The van der Waals surface area contributed by atoms with Crippen LogP contribution < -0.4 is 0 Å². The van der Waals surface area contributed by atoms with Crippen molar-refractivity contribution in [2.45, 2.75) is 44.0 Å². The highest BCUT2D eigenvalue weighted by Gasteiger charge is 2.28. The Kier molecular flexibility index (Phi) is 5.25. The largest absolute Gasteiger partial charge is 0.301 e. The molecule has 2 aliphatic rings. The molecule has 0 spiro atoms. The zero-order chi connectivity index (χ0) is 14.7. The van der Waals surface area contributed by atoms with Crippen LogP contribution in [0.1, 0.15) is 30.4 Å². The predicted octanol–water partition coefficient (Wildman–Crippen LogP) is 3.57. The number of likely N-dealkylation sites (tertiary alicyclic amines) is 2. The van der Waals surface area contributed by atoms with E-state index < -0.39 is 0 Å². The fourth-order valence-electron chi connectivity index (χ4n) is 3.52. The van der Waals surface area contributed by atoms with Crippen molar-refractivity contribution in [3.8, 4) is 0 Å². The fourth-order valence-corrected chi connectivity index (χ4v) is 4.53. The standard InChI is InChI=1S/C18H28N2S/c1-15-5-6-18(13-16(15)2)21-12-11-19-10-7-17(14-19)20-8-3-4-9-20/h5-6,13,17H,3-4,7-12,14H2,1-2H3. The first-order valence-corrected chi connectivity index (χ1v) is 9.37. The van der Waals surface area contributed by atoms with E-state index in [9.17, 15) is 0 Å². The van der Waals surface area contributed by atoms with Gasteiger partial charge in [0.05, 0.1) is 0 Å². The maximum atomic E-state index is 2.72. The van der Waals surface area contributed by atoms with Crippen LogP contribution in [0.3, 0.4) is 0 Å². The second-order valence-corrected chi connectivity index (χ2v) is 7.75. The van der Waals surface area contributed by atoms with Gasteiger partial charge >= 0.3 is 0 Å². The molecule has 0 aromatic heterocycles. The summed E-state index contributed by atoms with van der Waals surface area (Å²) in [5.41, 5.74) is 2.81. The first-order valence-electron chi connectivity index (χ1n) is 8.39. The topological polar surface area (TPSA) is 6.48 Å². The summed E-state index contributed by atoms with van der Waals surface area (Å²) in [5, 5.41) is 0. The molecule has 1 aromatic rings. The van der Waals surface area contributed by atoms with Crippen molar-refractivity contribution in [2.24, 2.45) is 0 Å². The average molecular weight is 305 g/mol. The summed E-state index contributed by atoms with van der Waals surface area (Å²) in [5.74, 6) is 1.22. The molecule has 3 heteroatoms. The number of hydrogen-bond donors (Lipinski definition) is 0. The normalized spacial score (nSPS) is 24.0. The van der Waals surface area contributed by atoms with Crippen molar-refractivity contribution >= 4 is 11.8 Å². The molecule has 0 radical (unpaired) electrons. The van der Waals surface area contributed by atoms with Crippen LogP contribution in [-0.2, 0) is 0 Å². The molecule has 2 heterocycles. The van der Waals surface area contributed by atoms with Gasteiger partial charge in [0.25, 0.3) is 0 Å². The molecule has 0 saturated carbocycles. The highest BCUT2D eigenvalue weighted by Crippen LogP contribution is 2.23. The monoisotopic (exact) mass is 304 g/mol. The quantitative estimate of drug-likeness (QED) is 0.768. The number of thioether (sulfide) groups is 1. The van der Waals surface area contributed by atoms with Crippen LogP contribution in [0.4, 0.5) is 0 Å². The lowest BCUT2D eigenvalue weighted by Gasteiger charge is -2.23. The summed E-state index contributed by atoms with van der Waals surface area (Å²) < 4.78 is 0. The molecule has 3 rings (SSSR count). The molecule has 116 valence electrons. The second kappa shape index (κ2) is 7.17. The number of hydrogen-bond acceptors (Lipinski definition) is 3. The molecular weight excluding hydrogens is 276 g/mol. The minimum absolute atomic E-state index is 0.846. The molecule has 1 aromatic carbocycles. The van der Waals surface area contributed by atoms with Crippen molar-refractivity contribution in [2.75, 3.05) is 38.5 Å². The Balaban J connectivity index is 1.40. The van der Waals surface area contributed by atoms with Gasteiger partial charge < -0.3 is 4.90 Å². The van der Waals surface area contributed by atoms with Gasteiger partial charge in [-0.05, 0) is 76.0 Å². The molecule has 0 bridgehead atoms. The van der Waals surface area contributed by atoms with E-state index in [0.29, 0.717) is 0 Å². The van der Waals surface area contributed by atoms with Crippen LogP contribution in [0, 0.1) is 13.8 Å². The van der Waals surface area contributed by atoms with Crippen molar-refractivity contribution in [3.63, 3.8) is 0 Å². The van der Waals surface area contributed by atoms with E-state index in [-0.39, 0.29) is 0 Å². The molecule has 0 amide bonds. The molecule has 0 N–H and O–H groups in total. The van der Waals surface area contributed by atoms with Crippen LogP contribution in [0.25, 0.3) is 0 Å². The van der Waals surface area contributed by atoms with Crippen molar-refractivity contribution < 1.29 is 0 Å². The zero-order valence-electron chi connectivity index (χ0n) is 13.5. The Morgan fingerprint density at radius 2 is 1.90 bits per heavy atom. The third-order valence-corrected chi connectivity index (χ3v) is 6.03. The van der Waals surface area contributed by atoms with Crippen LogP contribution in [0.2, 0.25) is 0 Å². The molecule has 2 fully saturated rings. The maximum Gasteiger partial charge on any atom is 0.0235 e. The van der Waals surface area contributed by atoms with Crippen molar-refractivity contribution in [1.29, 1.82) is 0 Å². The van der Waals surface area contributed by atoms with Gasteiger partial charge in [-0.2, -0.15) is 0 Å². The first kappa shape index (κ1) is 15.4. The third-order valence-electron chi connectivity index (χ3n) is 5.06.